The van der Waals surface area contributed by atoms with Gasteiger partial charge in [0.05, 0.1) is 16.7 Å². The number of aliphatic hydroxyl groups is 1. The topological polar surface area (TPSA) is 93.0 Å². The average molecular weight is 604 g/mol. The van der Waals surface area contributed by atoms with Gasteiger partial charge in [-0.25, -0.2) is 0 Å². The molecule has 4 atom stereocenters. The van der Waals surface area contributed by atoms with Crippen LogP contribution >= 0.6 is 0 Å². The quantitative estimate of drug-likeness (QED) is 0.230. The van der Waals surface area contributed by atoms with Crippen LogP contribution in [-0.4, -0.2) is 51.2 Å². The highest BCUT2D eigenvalue weighted by Gasteiger charge is 2.73. The molecular formula is C37H37N3O5. The maximum atomic E-state index is 13.3. The highest BCUT2D eigenvalue weighted by molar-refractivity contribution is 5.89. The smallest absolute Gasteiger partial charge is 0.308 e. The lowest BCUT2D eigenvalue weighted by Crippen LogP contribution is -2.74. The lowest BCUT2D eigenvalue weighted by Gasteiger charge is -2.63. The van der Waals surface area contributed by atoms with Crippen molar-refractivity contribution in [2.24, 2.45) is 5.92 Å². The molecule has 2 aliphatic heterocycles. The van der Waals surface area contributed by atoms with Crippen molar-refractivity contribution >= 4 is 28.5 Å². The van der Waals surface area contributed by atoms with Crippen molar-refractivity contribution in [2.75, 3.05) is 18.4 Å². The molecule has 3 aromatic carbocycles. The second kappa shape index (κ2) is 9.44. The van der Waals surface area contributed by atoms with E-state index in [2.05, 4.69) is 57.2 Å². The van der Waals surface area contributed by atoms with Crippen LogP contribution in [0.2, 0.25) is 0 Å². The third-order valence-electron chi connectivity index (χ3n) is 11.2. The molecule has 1 saturated carbocycles. The molecule has 0 unspecified atom stereocenters. The van der Waals surface area contributed by atoms with Crippen molar-refractivity contribution < 1.29 is 24.2 Å². The molecule has 1 aromatic heterocycles. The Morgan fingerprint density at radius 1 is 1.07 bits per heavy atom. The summed E-state index contributed by atoms with van der Waals surface area (Å²) >= 11 is 0. The highest BCUT2D eigenvalue weighted by atomic mass is 16.6. The summed E-state index contributed by atoms with van der Waals surface area (Å²) < 4.78 is 15.2. The fourth-order valence-electron chi connectivity index (χ4n) is 9.28. The Morgan fingerprint density at radius 2 is 1.87 bits per heavy atom. The number of likely N-dealkylation sites (tertiary alicyclic amines) is 1. The van der Waals surface area contributed by atoms with E-state index in [1.54, 1.807) is 0 Å². The number of aromatic nitrogens is 1. The van der Waals surface area contributed by atoms with Crippen molar-refractivity contribution in [2.45, 2.75) is 75.7 Å². The Hall–Kier alpha value is -4.14. The van der Waals surface area contributed by atoms with Gasteiger partial charge in [-0.15, -0.1) is 0 Å². The number of piperidine rings is 1. The minimum absolute atomic E-state index is 0.0208. The van der Waals surface area contributed by atoms with Gasteiger partial charge in [-0.3, -0.25) is 14.5 Å². The number of nitrogens with zero attached hydrogens (tertiary/aromatic N) is 2. The molecule has 45 heavy (non-hydrogen) atoms. The molecule has 1 saturated heterocycles. The fraction of sp³-hybridized carbons (Fsp3) is 0.405. The van der Waals surface area contributed by atoms with Gasteiger partial charge in [-0.1, -0.05) is 36.4 Å². The van der Waals surface area contributed by atoms with Crippen molar-refractivity contribution in [3.8, 4) is 11.5 Å². The number of esters is 1. The van der Waals surface area contributed by atoms with Crippen LogP contribution in [0.15, 0.2) is 60.7 Å². The second-order valence-corrected chi connectivity index (χ2v) is 13.8. The van der Waals surface area contributed by atoms with Crippen LogP contribution in [0.4, 0.5) is 5.69 Å². The first-order valence-electron chi connectivity index (χ1n) is 16.2. The van der Waals surface area contributed by atoms with Crippen LogP contribution in [0.1, 0.15) is 67.2 Å². The normalized spacial score (nSPS) is 27.4. The van der Waals surface area contributed by atoms with Crippen LogP contribution in [0.25, 0.3) is 10.9 Å². The van der Waals surface area contributed by atoms with Gasteiger partial charge < -0.3 is 24.5 Å². The zero-order valence-electron chi connectivity index (χ0n) is 25.6. The standard InChI is InChI=1S/C37H37N3O5/c1-21(41)38-26-12-9-24(10-13-26)20-40-29-6-4-3-5-27(29)28-18-37(43)31-17-25-11-14-30(44-22(2)42)34-32(25)36(37,35(45-34)33(28)40)15-16-39(31)19-23-7-8-23/h3-6,9-14,23,31,35,43H,7-8,15-20H2,1-2H3,(H,38,41)/t31-,35-,36-,37+/m0/s1. The number of nitrogens with one attached hydrogen (secondary N) is 1. The van der Waals surface area contributed by atoms with Gasteiger partial charge in [0, 0.05) is 61.6 Å². The Labute approximate surface area is 261 Å². The first-order valence-corrected chi connectivity index (χ1v) is 16.2. The number of fused-ring (bicyclic) bond motifs is 4. The summed E-state index contributed by atoms with van der Waals surface area (Å²) in [5.41, 5.74) is 5.74. The first kappa shape index (κ1) is 27.2. The summed E-state index contributed by atoms with van der Waals surface area (Å²) in [5, 5.41) is 17.3. The minimum atomic E-state index is -1.04. The predicted octanol–water partition coefficient (Wildman–Crippen LogP) is 5.27. The molecule has 2 bridgehead atoms. The van der Waals surface area contributed by atoms with Crippen molar-refractivity contribution in [1.82, 2.24) is 9.47 Å². The number of hydrogen-bond acceptors (Lipinski definition) is 6. The minimum Gasteiger partial charge on any atom is -0.479 e. The maximum absolute atomic E-state index is 13.3. The van der Waals surface area contributed by atoms with E-state index in [0.717, 1.165) is 70.8 Å². The highest BCUT2D eigenvalue weighted by Crippen LogP contribution is 2.69. The summed E-state index contributed by atoms with van der Waals surface area (Å²) in [6, 6.07) is 20.4. The van der Waals surface area contributed by atoms with Gasteiger partial charge in [0.15, 0.2) is 17.6 Å². The maximum Gasteiger partial charge on any atom is 0.308 e. The van der Waals surface area contributed by atoms with Gasteiger partial charge >= 0.3 is 5.97 Å². The Morgan fingerprint density at radius 3 is 2.62 bits per heavy atom. The number of hydrogen-bond donors (Lipinski definition) is 2. The molecule has 8 heteroatoms. The lowest BCUT2D eigenvalue weighted by molar-refractivity contribution is -0.173. The number of benzene rings is 3. The van der Waals surface area contributed by atoms with E-state index in [9.17, 15) is 14.7 Å². The zero-order valence-corrected chi connectivity index (χ0v) is 25.6. The summed E-state index contributed by atoms with van der Waals surface area (Å²) in [4.78, 5) is 26.4. The molecule has 2 fully saturated rings. The largest absolute Gasteiger partial charge is 0.479 e. The molecule has 5 aliphatic rings. The first-order chi connectivity index (χ1) is 21.8. The van der Waals surface area contributed by atoms with Crippen LogP contribution < -0.4 is 14.8 Å². The van der Waals surface area contributed by atoms with E-state index in [1.165, 1.54) is 32.3 Å². The van der Waals surface area contributed by atoms with E-state index in [0.29, 0.717) is 24.5 Å². The molecule has 230 valence electrons. The number of rotatable bonds is 6. The van der Waals surface area contributed by atoms with Crippen molar-refractivity contribution in [1.29, 1.82) is 0 Å². The van der Waals surface area contributed by atoms with Gasteiger partial charge in [-0.2, -0.15) is 0 Å². The molecule has 1 amide bonds. The van der Waals surface area contributed by atoms with Crippen LogP contribution in [0, 0.1) is 5.92 Å². The predicted molar refractivity (Wildman–Crippen MR) is 170 cm³/mol. The summed E-state index contributed by atoms with van der Waals surface area (Å²) in [6.45, 7) is 5.48. The van der Waals surface area contributed by atoms with Crippen molar-refractivity contribution in [3.63, 3.8) is 0 Å². The van der Waals surface area contributed by atoms with Gasteiger partial charge in [-0.05, 0) is 79.1 Å². The van der Waals surface area contributed by atoms with Crippen LogP contribution in [0.3, 0.4) is 0 Å². The molecular weight excluding hydrogens is 566 g/mol. The molecule has 4 aromatic rings. The van der Waals surface area contributed by atoms with Gasteiger partial charge in [0.25, 0.3) is 0 Å². The van der Waals surface area contributed by atoms with E-state index < -0.39 is 17.1 Å². The Kier molecular flexibility index (Phi) is 5.70. The molecule has 0 radical (unpaired) electrons. The van der Waals surface area contributed by atoms with E-state index in [1.807, 2.05) is 18.2 Å². The lowest BCUT2D eigenvalue weighted by atomic mass is 9.49. The van der Waals surface area contributed by atoms with Crippen LogP contribution in [-0.2, 0) is 34.4 Å². The monoisotopic (exact) mass is 603 g/mol. The van der Waals surface area contributed by atoms with E-state index >= 15 is 0 Å². The number of anilines is 1. The van der Waals surface area contributed by atoms with Crippen LogP contribution in [0.5, 0.6) is 11.5 Å². The molecule has 2 N–H and O–H groups in total. The van der Waals surface area contributed by atoms with Gasteiger partial charge in [0.2, 0.25) is 5.91 Å². The number of ether oxygens (including phenoxy) is 2. The number of carbonyl (C=O) groups excluding carboxylic acids is 2. The number of para-hydroxylation sites is 1. The molecule has 8 nitrogen and oxygen atoms in total. The Balaban J connectivity index is 1.25. The SMILES string of the molecule is CC(=O)Nc1ccc(Cn2c3c(c4ccccc42)C[C@@]2(O)[C@@H]4Cc5ccc(OC(C)=O)c6c5[C@@]2(CCN4CC2CC2)[C@H]3O6)cc1. The number of carbonyl (C=O) groups is 2. The number of amides is 1. The van der Waals surface area contributed by atoms with E-state index in [4.69, 9.17) is 9.47 Å². The third-order valence-corrected chi connectivity index (χ3v) is 11.2. The van der Waals surface area contributed by atoms with E-state index in [-0.39, 0.29) is 17.9 Å². The Bertz CT molecular complexity index is 1910. The molecule has 3 aliphatic carbocycles. The fourth-order valence-corrected chi connectivity index (χ4v) is 9.28. The van der Waals surface area contributed by atoms with Gasteiger partial charge in [0.1, 0.15) is 0 Å². The molecule has 1 spiro atoms. The zero-order chi connectivity index (χ0) is 30.7. The third kappa shape index (κ3) is 3.79. The van der Waals surface area contributed by atoms with Crippen molar-refractivity contribution in [3.05, 3.63) is 88.6 Å². The second-order valence-electron chi connectivity index (χ2n) is 13.8. The molecule has 3 heterocycles. The average Bonchev–Trinajstić information content (AvgIpc) is 3.68. The summed E-state index contributed by atoms with van der Waals surface area (Å²) in [6.07, 6.45) is 4.17. The molecule has 9 rings (SSSR count). The summed E-state index contributed by atoms with van der Waals surface area (Å²) in [5.74, 6) is 1.29. The summed E-state index contributed by atoms with van der Waals surface area (Å²) in [7, 11) is 0.